The standard InChI is InChI=1S/C13H14N4O3S/c1-21(19,20)13(7-8-13)12(18)14-11-9-17(16-15-11)10-5-3-2-4-6-10/h2-6,9H,7-8H2,1H3,(H,14,18). The second kappa shape index (κ2) is 4.66. The van der Waals surface area contributed by atoms with E-state index in [4.69, 9.17) is 0 Å². The van der Waals surface area contributed by atoms with Gasteiger partial charge in [-0.05, 0) is 25.0 Å². The van der Waals surface area contributed by atoms with Gasteiger partial charge in [-0.15, -0.1) is 5.10 Å². The van der Waals surface area contributed by atoms with Crippen molar-refractivity contribution >= 4 is 21.6 Å². The number of rotatable bonds is 4. The maximum atomic E-state index is 12.1. The minimum Gasteiger partial charge on any atom is -0.306 e. The molecule has 0 aliphatic heterocycles. The molecule has 7 nitrogen and oxygen atoms in total. The molecule has 0 unspecified atom stereocenters. The molecule has 2 aromatic rings. The van der Waals surface area contributed by atoms with Crippen molar-refractivity contribution in [3.05, 3.63) is 36.5 Å². The quantitative estimate of drug-likeness (QED) is 0.901. The largest absolute Gasteiger partial charge is 0.306 e. The van der Waals surface area contributed by atoms with Crippen molar-refractivity contribution in [3.63, 3.8) is 0 Å². The predicted molar refractivity (Wildman–Crippen MR) is 76.8 cm³/mol. The lowest BCUT2D eigenvalue weighted by atomic mass is 10.3. The van der Waals surface area contributed by atoms with E-state index in [-0.39, 0.29) is 5.82 Å². The number of nitrogens with one attached hydrogen (secondary N) is 1. The van der Waals surface area contributed by atoms with Crippen LogP contribution in [0.15, 0.2) is 36.5 Å². The van der Waals surface area contributed by atoms with E-state index in [0.717, 1.165) is 11.9 Å². The lowest BCUT2D eigenvalue weighted by Gasteiger charge is -2.11. The molecule has 0 spiro atoms. The summed E-state index contributed by atoms with van der Waals surface area (Å²) in [4.78, 5) is 12.1. The Balaban J connectivity index is 1.79. The molecule has 1 fully saturated rings. The molecule has 1 amide bonds. The molecule has 0 radical (unpaired) electrons. The van der Waals surface area contributed by atoms with Gasteiger partial charge >= 0.3 is 0 Å². The smallest absolute Gasteiger partial charge is 0.247 e. The molecule has 1 aliphatic rings. The molecule has 8 heteroatoms. The van der Waals surface area contributed by atoms with Crippen LogP contribution in [0.4, 0.5) is 5.82 Å². The minimum atomic E-state index is -3.42. The maximum Gasteiger partial charge on any atom is 0.247 e. The number of anilines is 1. The van der Waals surface area contributed by atoms with E-state index in [2.05, 4.69) is 15.6 Å². The van der Waals surface area contributed by atoms with Gasteiger partial charge in [0.25, 0.3) is 0 Å². The van der Waals surface area contributed by atoms with Crippen molar-refractivity contribution in [1.29, 1.82) is 0 Å². The Morgan fingerprint density at radius 3 is 2.52 bits per heavy atom. The fourth-order valence-electron chi connectivity index (χ4n) is 2.14. The average Bonchev–Trinajstić information content (AvgIpc) is 3.15. The molecule has 1 aromatic carbocycles. The minimum absolute atomic E-state index is 0.235. The second-order valence-corrected chi connectivity index (χ2v) is 7.43. The van der Waals surface area contributed by atoms with E-state index in [9.17, 15) is 13.2 Å². The second-order valence-electron chi connectivity index (χ2n) is 5.10. The Bertz CT molecular complexity index is 779. The Morgan fingerprint density at radius 2 is 1.95 bits per heavy atom. The summed E-state index contributed by atoms with van der Waals surface area (Å²) in [5.41, 5.74) is 0.801. The number of sulfone groups is 1. The normalized spacial score (nSPS) is 16.4. The fraction of sp³-hybridized carbons (Fsp3) is 0.308. The molecule has 1 aliphatic carbocycles. The third-order valence-electron chi connectivity index (χ3n) is 3.58. The molecule has 0 saturated heterocycles. The average molecular weight is 306 g/mol. The summed E-state index contributed by atoms with van der Waals surface area (Å²) in [6.07, 6.45) is 3.33. The van der Waals surface area contributed by atoms with E-state index in [1.54, 1.807) is 6.20 Å². The van der Waals surface area contributed by atoms with Crippen LogP contribution in [0.5, 0.6) is 0 Å². The van der Waals surface area contributed by atoms with Crippen LogP contribution in [-0.2, 0) is 14.6 Å². The van der Waals surface area contributed by atoms with Crippen LogP contribution < -0.4 is 5.32 Å². The SMILES string of the molecule is CS(=O)(=O)C1(C(=O)Nc2cn(-c3ccccc3)nn2)CC1. The molecule has 1 aromatic heterocycles. The van der Waals surface area contributed by atoms with E-state index in [0.29, 0.717) is 12.8 Å². The topological polar surface area (TPSA) is 94.0 Å². The van der Waals surface area contributed by atoms with E-state index in [1.165, 1.54) is 4.68 Å². The molecular formula is C13H14N4O3S. The van der Waals surface area contributed by atoms with E-state index < -0.39 is 20.5 Å². The summed E-state index contributed by atoms with van der Waals surface area (Å²) in [6.45, 7) is 0. The maximum absolute atomic E-state index is 12.1. The van der Waals surface area contributed by atoms with Crippen LogP contribution in [0.25, 0.3) is 5.69 Å². The van der Waals surface area contributed by atoms with Crippen LogP contribution in [0.1, 0.15) is 12.8 Å². The first-order valence-electron chi connectivity index (χ1n) is 6.41. The first-order valence-corrected chi connectivity index (χ1v) is 8.30. The van der Waals surface area contributed by atoms with Gasteiger partial charge in [0.05, 0.1) is 11.9 Å². The first-order chi connectivity index (χ1) is 9.92. The van der Waals surface area contributed by atoms with Crippen molar-refractivity contribution in [3.8, 4) is 5.69 Å². The summed E-state index contributed by atoms with van der Waals surface area (Å²) in [7, 11) is -3.42. The molecule has 21 heavy (non-hydrogen) atoms. The zero-order valence-electron chi connectivity index (χ0n) is 11.4. The molecule has 0 atom stereocenters. The van der Waals surface area contributed by atoms with Crippen LogP contribution in [0.3, 0.4) is 0 Å². The van der Waals surface area contributed by atoms with E-state index in [1.807, 2.05) is 30.3 Å². The Morgan fingerprint density at radius 1 is 1.29 bits per heavy atom. The third kappa shape index (κ3) is 2.42. The van der Waals surface area contributed by atoms with Gasteiger partial charge in [0.1, 0.15) is 0 Å². The molecule has 1 heterocycles. The number of carbonyl (C=O) groups is 1. The lowest BCUT2D eigenvalue weighted by Crippen LogP contribution is -2.36. The van der Waals surface area contributed by atoms with Crippen molar-refractivity contribution in [2.45, 2.75) is 17.6 Å². The highest BCUT2D eigenvalue weighted by atomic mass is 32.2. The third-order valence-corrected chi connectivity index (χ3v) is 5.60. The Kier molecular flexibility index (Phi) is 3.05. The number of para-hydroxylation sites is 1. The van der Waals surface area contributed by atoms with Gasteiger partial charge in [-0.2, -0.15) is 0 Å². The highest BCUT2D eigenvalue weighted by Gasteiger charge is 2.58. The van der Waals surface area contributed by atoms with Gasteiger partial charge < -0.3 is 5.32 Å². The van der Waals surface area contributed by atoms with Crippen LogP contribution in [-0.4, -0.2) is 40.3 Å². The van der Waals surface area contributed by atoms with Gasteiger partial charge in [0.15, 0.2) is 20.4 Å². The highest BCUT2D eigenvalue weighted by Crippen LogP contribution is 2.43. The monoisotopic (exact) mass is 306 g/mol. The van der Waals surface area contributed by atoms with Crippen molar-refractivity contribution in [1.82, 2.24) is 15.0 Å². The molecule has 0 bridgehead atoms. The molecule has 3 rings (SSSR count). The number of aromatic nitrogens is 3. The summed E-state index contributed by atoms with van der Waals surface area (Å²) in [6, 6.07) is 9.29. The number of hydrogen-bond acceptors (Lipinski definition) is 5. The number of hydrogen-bond donors (Lipinski definition) is 1. The summed E-state index contributed by atoms with van der Waals surface area (Å²) in [5.74, 6) is -0.302. The lowest BCUT2D eigenvalue weighted by molar-refractivity contribution is -0.116. The predicted octanol–water partition coefficient (Wildman–Crippen LogP) is 0.783. The number of benzene rings is 1. The Hall–Kier alpha value is -2.22. The summed E-state index contributed by atoms with van der Waals surface area (Å²) in [5, 5.41) is 10.3. The van der Waals surface area contributed by atoms with Crippen molar-refractivity contribution < 1.29 is 13.2 Å². The van der Waals surface area contributed by atoms with Crippen LogP contribution in [0.2, 0.25) is 0 Å². The molecule has 110 valence electrons. The van der Waals surface area contributed by atoms with Crippen LogP contribution in [0, 0.1) is 0 Å². The van der Waals surface area contributed by atoms with Gasteiger partial charge in [0, 0.05) is 6.26 Å². The van der Waals surface area contributed by atoms with Crippen LogP contribution >= 0.6 is 0 Å². The zero-order valence-corrected chi connectivity index (χ0v) is 12.2. The Labute approximate surface area is 121 Å². The van der Waals surface area contributed by atoms with Gasteiger partial charge in [-0.25, -0.2) is 13.1 Å². The summed E-state index contributed by atoms with van der Waals surface area (Å²) >= 11 is 0. The first kappa shape index (κ1) is 13.7. The molecule has 1 saturated carbocycles. The van der Waals surface area contributed by atoms with Crippen molar-refractivity contribution in [2.75, 3.05) is 11.6 Å². The van der Waals surface area contributed by atoms with Crippen molar-refractivity contribution in [2.24, 2.45) is 0 Å². The van der Waals surface area contributed by atoms with Gasteiger partial charge in [0.2, 0.25) is 5.91 Å². The zero-order chi connectivity index (χ0) is 15.1. The van der Waals surface area contributed by atoms with E-state index >= 15 is 0 Å². The fourth-order valence-corrected chi connectivity index (χ4v) is 3.37. The molecular weight excluding hydrogens is 292 g/mol. The number of carbonyl (C=O) groups excluding carboxylic acids is 1. The van der Waals surface area contributed by atoms with Gasteiger partial charge in [-0.1, -0.05) is 23.4 Å². The highest BCUT2D eigenvalue weighted by molar-refractivity contribution is 7.93. The number of amides is 1. The summed E-state index contributed by atoms with van der Waals surface area (Å²) < 4.78 is 23.6. The number of nitrogens with zero attached hydrogens (tertiary/aromatic N) is 3. The van der Waals surface area contributed by atoms with Gasteiger partial charge in [-0.3, -0.25) is 4.79 Å². The molecule has 1 N–H and O–H groups in total.